The average molecular weight is 501 g/mol. The molecule has 4 N–H and O–H groups in total. The highest BCUT2D eigenvalue weighted by molar-refractivity contribution is 6.36. The van der Waals surface area contributed by atoms with Crippen LogP contribution in [0.3, 0.4) is 0 Å². The summed E-state index contributed by atoms with van der Waals surface area (Å²) in [7, 11) is 0. The van der Waals surface area contributed by atoms with Crippen molar-refractivity contribution in [1.29, 1.82) is 0 Å². The van der Waals surface area contributed by atoms with Gasteiger partial charge in [-0.15, -0.1) is 0 Å². The van der Waals surface area contributed by atoms with E-state index in [2.05, 4.69) is 25.6 Å². The molecule has 0 aliphatic carbocycles. The summed E-state index contributed by atoms with van der Waals surface area (Å²) in [5.74, 6) is 0.462. The van der Waals surface area contributed by atoms with Crippen LogP contribution in [0, 0.1) is 0 Å². The number of rotatable bonds is 5. The maximum Gasteiger partial charge on any atom is 0.261 e. The molecule has 1 aliphatic heterocycles. The number of nitrogens with zero attached hydrogens (tertiary/aromatic N) is 2. The molecule has 0 saturated carbocycles. The molecule has 36 heavy (non-hydrogen) atoms. The fourth-order valence-corrected chi connectivity index (χ4v) is 4.99. The van der Waals surface area contributed by atoms with E-state index in [-0.39, 0.29) is 17.7 Å². The lowest BCUT2D eigenvalue weighted by Crippen LogP contribution is -2.33. The summed E-state index contributed by atoms with van der Waals surface area (Å²) in [5, 5.41) is 8.11. The molecule has 1 fully saturated rings. The molecular weight excluding hydrogens is 476 g/mol. The number of morpholine rings is 1. The van der Waals surface area contributed by atoms with Gasteiger partial charge in [0.1, 0.15) is 11.4 Å². The number of aromatic amines is 2. The van der Waals surface area contributed by atoms with Gasteiger partial charge in [-0.1, -0.05) is 29.8 Å². The minimum Gasteiger partial charge on any atom is -0.376 e. The Morgan fingerprint density at radius 3 is 2.83 bits per heavy atom. The van der Waals surface area contributed by atoms with Gasteiger partial charge in [0.25, 0.3) is 5.56 Å². The molecule has 0 amide bonds. The van der Waals surface area contributed by atoms with Gasteiger partial charge in [-0.25, -0.2) is 4.98 Å². The number of hydrogen-bond donors (Lipinski definition) is 4. The van der Waals surface area contributed by atoms with Crippen molar-refractivity contribution in [2.24, 2.45) is 0 Å². The fourth-order valence-electron chi connectivity index (χ4n) is 4.72. The zero-order valence-corrected chi connectivity index (χ0v) is 20.4. The van der Waals surface area contributed by atoms with Gasteiger partial charge in [-0.2, -0.15) is 0 Å². The Kier molecular flexibility index (Phi) is 5.92. The van der Waals surface area contributed by atoms with Crippen molar-refractivity contribution in [1.82, 2.24) is 25.3 Å². The molecule has 2 atom stereocenters. The first-order valence-electron chi connectivity index (χ1n) is 11.9. The number of halogens is 1. The molecule has 8 nitrogen and oxygen atoms in total. The van der Waals surface area contributed by atoms with Gasteiger partial charge in [0.2, 0.25) is 0 Å². The first-order valence-corrected chi connectivity index (χ1v) is 12.3. The number of anilines is 1. The predicted molar refractivity (Wildman–Crippen MR) is 143 cm³/mol. The van der Waals surface area contributed by atoms with E-state index in [4.69, 9.17) is 21.3 Å². The molecule has 0 radical (unpaired) electrons. The molecule has 5 aromatic rings. The Labute approximate surface area is 212 Å². The Balaban J connectivity index is 1.50. The van der Waals surface area contributed by atoms with Gasteiger partial charge < -0.3 is 25.3 Å². The molecular formula is C27H25ClN6O2. The smallest absolute Gasteiger partial charge is 0.261 e. The minimum absolute atomic E-state index is 0.0192. The molecule has 0 bridgehead atoms. The number of aromatic nitrogens is 4. The van der Waals surface area contributed by atoms with E-state index in [0.29, 0.717) is 34.2 Å². The second-order valence-electron chi connectivity index (χ2n) is 8.91. The van der Waals surface area contributed by atoms with Crippen LogP contribution in [0.1, 0.15) is 30.3 Å². The van der Waals surface area contributed by atoms with E-state index >= 15 is 0 Å². The normalized spacial score (nSPS) is 16.9. The van der Waals surface area contributed by atoms with E-state index in [0.717, 1.165) is 40.8 Å². The van der Waals surface area contributed by atoms with Crippen LogP contribution >= 0.6 is 11.6 Å². The number of benzene rings is 2. The van der Waals surface area contributed by atoms with Gasteiger partial charge in [0, 0.05) is 24.7 Å². The second-order valence-corrected chi connectivity index (χ2v) is 9.32. The van der Waals surface area contributed by atoms with Crippen LogP contribution in [0.2, 0.25) is 5.02 Å². The quantitative estimate of drug-likeness (QED) is 0.272. The summed E-state index contributed by atoms with van der Waals surface area (Å²) in [6.07, 6.45) is 1.73. The van der Waals surface area contributed by atoms with E-state index in [1.54, 1.807) is 6.20 Å². The monoisotopic (exact) mass is 500 g/mol. The van der Waals surface area contributed by atoms with E-state index in [9.17, 15) is 4.79 Å². The molecule has 0 spiro atoms. The number of imidazole rings is 1. The molecule has 2 aromatic carbocycles. The van der Waals surface area contributed by atoms with Crippen molar-refractivity contribution in [3.63, 3.8) is 0 Å². The summed E-state index contributed by atoms with van der Waals surface area (Å²) in [4.78, 5) is 29.0. The third-order valence-corrected chi connectivity index (χ3v) is 6.84. The van der Waals surface area contributed by atoms with E-state index in [1.165, 1.54) is 0 Å². The average Bonchev–Trinajstić information content (AvgIpc) is 3.32. The number of hydrogen-bond acceptors (Lipinski definition) is 6. The Morgan fingerprint density at radius 2 is 2.03 bits per heavy atom. The molecule has 4 heterocycles. The first-order chi connectivity index (χ1) is 17.6. The second kappa shape index (κ2) is 9.39. The Bertz CT molecular complexity index is 1610. The molecule has 3 aromatic heterocycles. The van der Waals surface area contributed by atoms with Crippen LogP contribution in [-0.2, 0) is 4.74 Å². The lowest BCUT2D eigenvalue weighted by Gasteiger charge is -2.23. The van der Waals surface area contributed by atoms with Crippen LogP contribution in [0.15, 0.2) is 65.6 Å². The SMILES string of the molecule is CC(Nc1c(-c2nc3ccc([C@H]4CNCCO4)cc3[nH]2)c(=O)[nH]c2cccc(Cl)c12)c1ccccn1. The van der Waals surface area contributed by atoms with Crippen molar-refractivity contribution in [3.05, 3.63) is 87.4 Å². The van der Waals surface area contributed by atoms with Crippen molar-refractivity contribution in [2.75, 3.05) is 25.0 Å². The molecule has 1 unspecified atom stereocenters. The van der Waals surface area contributed by atoms with Crippen LogP contribution in [0.5, 0.6) is 0 Å². The van der Waals surface area contributed by atoms with Gasteiger partial charge in [0.15, 0.2) is 0 Å². The zero-order chi connectivity index (χ0) is 24.6. The topological polar surface area (TPSA) is 108 Å². The Hall–Kier alpha value is -3.72. The molecule has 6 rings (SSSR count). The van der Waals surface area contributed by atoms with Gasteiger partial charge in [0.05, 0.1) is 51.7 Å². The standard InChI is InChI=1S/C27H25ClN6O2/c1-15(18-6-2-3-10-30-18)31-25-23-17(28)5-4-7-20(23)34-27(35)24(25)26-32-19-9-8-16(13-21(19)33-26)22-14-29-11-12-36-22/h2-10,13,15,22,29H,11-12,14H2,1H3,(H,32,33)(H2,31,34,35)/t15?,22-/m1/s1. The van der Waals surface area contributed by atoms with Crippen LogP contribution < -0.4 is 16.2 Å². The maximum absolute atomic E-state index is 13.4. The van der Waals surface area contributed by atoms with Crippen LogP contribution in [0.25, 0.3) is 33.3 Å². The van der Waals surface area contributed by atoms with Gasteiger partial charge in [-0.05, 0) is 48.9 Å². The van der Waals surface area contributed by atoms with Crippen molar-refractivity contribution in [2.45, 2.75) is 19.1 Å². The maximum atomic E-state index is 13.4. The fraction of sp³-hybridized carbons (Fsp3) is 0.222. The number of H-pyrrole nitrogens is 2. The summed E-state index contributed by atoms with van der Waals surface area (Å²) < 4.78 is 5.91. The third-order valence-electron chi connectivity index (χ3n) is 6.52. The number of pyridine rings is 2. The highest BCUT2D eigenvalue weighted by Gasteiger charge is 2.22. The summed E-state index contributed by atoms with van der Waals surface area (Å²) in [5.41, 5.74) is 4.89. The molecule has 1 saturated heterocycles. The summed E-state index contributed by atoms with van der Waals surface area (Å²) in [6.45, 7) is 4.29. The molecule has 9 heteroatoms. The van der Waals surface area contributed by atoms with Gasteiger partial charge >= 0.3 is 0 Å². The van der Waals surface area contributed by atoms with Crippen LogP contribution in [0.4, 0.5) is 5.69 Å². The molecule has 1 aliphatic rings. The minimum atomic E-state index is -0.264. The lowest BCUT2D eigenvalue weighted by atomic mass is 10.1. The van der Waals surface area contributed by atoms with Crippen molar-refractivity contribution < 1.29 is 4.74 Å². The van der Waals surface area contributed by atoms with E-state index < -0.39 is 0 Å². The molecule has 182 valence electrons. The summed E-state index contributed by atoms with van der Waals surface area (Å²) in [6, 6.07) is 17.1. The largest absolute Gasteiger partial charge is 0.376 e. The zero-order valence-electron chi connectivity index (χ0n) is 19.6. The highest BCUT2D eigenvalue weighted by atomic mass is 35.5. The number of ether oxygens (including phenoxy) is 1. The number of nitrogens with one attached hydrogen (secondary N) is 4. The van der Waals surface area contributed by atoms with Gasteiger partial charge in [-0.3, -0.25) is 9.78 Å². The van der Waals surface area contributed by atoms with E-state index in [1.807, 2.05) is 61.5 Å². The Morgan fingerprint density at radius 1 is 1.11 bits per heavy atom. The first kappa shape index (κ1) is 22.7. The number of fused-ring (bicyclic) bond motifs is 2. The van der Waals surface area contributed by atoms with Crippen molar-refractivity contribution >= 4 is 39.2 Å². The van der Waals surface area contributed by atoms with Crippen LogP contribution in [-0.4, -0.2) is 39.6 Å². The predicted octanol–water partition coefficient (Wildman–Crippen LogP) is 4.95. The summed E-state index contributed by atoms with van der Waals surface area (Å²) >= 11 is 6.66. The van der Waals surface area contributed by atoms with Crippen molar-refractivity contribution in [3.8, 4) is 11.4 Å². The third kappa shape index (κ3) is 4.13. The lowest BCUT2D eigenvalue weighted by molar-refractivity contribution is 0.0278. The highest BCUT2D eigenvalue weighted by Crippen LogP contribution is 2.37.